The fourth-order valence-corrected chi connectivity index (χ4v) is 2.39. The van der Waals surface area contributed by atoms with Gasteiger partial charge in [-0.2, -0.15) is 0 Å². The third-order valence-electron chi connectivity index (χ3n) is 3.37. The molecular formula is C14H12N2O2. The summed E-state index contributed by atoms with van der Waals surface area (Å²) in [7, 11) is 0. The van der Waals surface area contributed by atoms with Gasteiger partial charge in [-0.15, -0.1) is 0 Å². The molecule has 0 unspecified atom stereocenters. The van der Waals surface area contributed by atoms with Gasteiger partial charge in [0.1, 0.15) is 5.54 Å². The van der Waals surface area contributed by atoms with Crippen LogP contribution in [0.15, 0.2) is 42.5 Å². The van der Waals surface area contributed by atoms with Crippen molar-refractivity contribution in [3.05, 3.63) is 48.0 Å². The summed E-state index contributed by atoms with van der Waals surface area (Å²) in [4.78, 5) is 23.3. The van der Waals surface area contributed by atoms with Gasteiger partial charge in [-0.1, -0.05) is 42.5 Å². The number of amides is 3. The zero-order valence-corrected chi connectivity index (χ0v) is 9.86. The Bertz CT molecular complexity index is 660. The molecule has 1 heterocycles. The topological polar surface area (TPSA) is 58.2 Å². The summed E-state index contributed by atoms with van der Waals surface area (Å²) < 4.78 is 0. The van der Waals surface area contributed by atoms with Crippen molar-refractivity contribution in [2.24, 2.45) is 0 Å². The average molecular weight is 240 g/mol. The van der Waals surface area contributed by atoms with E-state index in [0.717, 1.165) is 16.3 Å². The van der Waals surface area contributed by atoms with Crippen molar-refractivity contribution >= 4 is 22.7 Å². The molecule has 0 saturated carbocycles. The lowest BCUT2D eigenvalue weighted by Gasteiger charge is -2.22. The number of fused-ring (bicyclic) bond motifs is 1. The molecule has 3 rings (SSSR count). The number of imide groups is 1. The van der Waals surface area contributed by atoms with Crippen molar-refractivity contribution in [3.8, 4) is 0 Å². The summed E-state index contributed by atoms with van der Waals surface area (Å²) in [5.74, 6) is -0.316. The Hall–Kier alpha value is -2.36. The Morgan fingerprint density at radius 3 is 2.44 bits per heavy atom. The lowest BCUT2D eigenvalue weighted by atomic mass is 9.88. The zero-order valence-electron chi connectivity index (χ0n) is 9.86. The molecule has 0 aliphatic carbocycles. The van der Waals surface area contributed by atoms with Crippen LogP contribution in [0.2, 0.25) is 0 Å². The van der Waals surface area contributed by atoms with Gasteiger partial charge in [-0.25, -0.2) is 4.79 Å². The predicted molar refractivity (Wildman–Crippen MR) is 68.0 cm³/mol. The van der Waals surface area contributed by atoms with Crippen LogP contribution in [0, 0.1) is 0 Å². The van der Waals surface area contributed by atoms with Gasteiger partial charge in [0.15, 0.2) is 0 Å². The third-order valence-corrected chi connectivity index (χ3v) is 3.37. The minimum atomic E-state index is -1.00. The maximum Gasteiger partial charge on any atom is 0.322 e. The Morgan fingerprint density at radius 2 is 1.72 bits per heavy atom. The first kappa shape index (κ1) is 10.8. The van der Waals surface area contributed by atoms with E-state index in [9.17, 15) is 9.59 Å². The van der Waals surface area contributed by atoms with E-state index in [2.05, 4.69) is 10.6 Å². The fourth-order valence-electron chi connectivity index (χ4n) is 2.39. The fraction of sp³-hybridized carbons (Fsp3) is 0.143. The van der Waals surface area contributed by atoms with E-state index in [4.69, 9.17) is 0 Å². The molecule has 0 spiro atoms. The lowest BCUT2D eigenvalue weighted by Crippen LogP contribution is -2.40. The molecule has 1 saturated heterocycles. The number of hydrogen-bond acceptors (Lipinski definition) is 2. The molecule has 0 radical (unpaired) electrons. The summed E-state index contributed by atoms with van der Waals surface area (Å²) >= 11 is 0. The molecule has 1 aliphatic rings. The van der Waals surface area contributed by atoms with Crippen LogP contribution >= 0.6 is 0 Å². The van der Waals surface area contributed by atoms with Gasteiger partial charge in [0, 0.05) is 0 Å². The van der Waals surface area contributed by atoms with E-state index < -0.39 is 11.6 Å². The van der Waals surface area contributed by atoms with Gasteiger partial charge < -0.3 is 5.32 Å². The van der Waals surface area contributed by atoms with Crippen LogP contribution < -0.4 is 10.6 Å². The molecule has 2 aromatic rings. The number of benzene rings is 2. The SMILES string of the molecule is C[C@@]1(c2cccc3ccccc23)NC(=O)NC1=O. The van der Waals surface area contributed by atoms with Crippen LogP contribution in [0.25, 0.3) is 10.8 Å². The number of hydrogen-bond donors (Lipinski definition) is 2. The second kappa shape index (κ2) is 3.57. The minimum absolute atomic E-state index is 0.316. The molecule has 4 heteroatoms. The van der Waals surface area contributed by atoms with Gasteiger partial charge in [0.25, 0.3) is 5.91 Å². The highest BCUT2D eigenvalue weighted by Crippen LogP contribution is 2.30. The zero-order chi connectivity index (χ0) is 12.8. The number of urea groups is 1. The second-order valence-corrected chi connectivity index (χ2v) is 4.56. The first-order valence-corrected chi connectivity index (χ1v) is 5.73. The molecule has 1 atom stereocenters. The normalized spacial score (nSPS) is 22.9. The van der Waals surface area contributed by atoms with E-state index >= 15 is 0 Å². The first-order chi connectivity index (χ1) is 8.61. The molecule has 18 heavy (non-hydrogen) atoms. The first-order valence-electron chi connectivity index (χ1n) is 5.73. The van der Waals surface area contributed by atoms with Crippen molar-refractivity contribution in [1.82, 2.24) is 10.6 Å². The molecule has 1 aliphatic heterocycles. The van der Waals surface area contributed by atoms with Crippen molar-refractivity contribution < 1.29 is 9.59 Å². The largest absolute Gasteiger partial charge is 0.322 e. The number of carbonyl (C=O) groups is 2. The van der Waals surface area contributed by atoms with Crippen molar-refractivity contribution in [3.63, 3.8) is 0 Å². The van der Waals surface area contributed by atoms with E-state index in [1.807, 2.05) is 42.5 Å². The number of carbonyl (C=O) groups excluding carboxylic acids is 2. The standard InChI is InChI=1S/C14H12N2O2/c1-14(12(17)15-13(18)16-14)11-8-4-6-9-5-2-3-7-10(9)11/h2-8H,1H3,(H2,15,16,17,18)/t14-/m0/s1. The molecule has 4 nitrogen and oxygen atoms in total. The van der Waals surface area contributed by atoms with Gasteiger partial charge in [-0.3, -0.25) is 10.1 Å². The van der Waals surface area contributed by atoms with Crippen molar-refractivity contribution in [2.75, 3.05) is 0 Å². The van der Waals surface area contributed by atoms with Crippen LogP contribution in [-0.4, -0.2) is 11.9 Å². The van der Waals surface area contributed by atoms with Crippen LogP contribution in [0.3, 0.4) is 0 Å². The molecule has 90 valence electrons. The Morgan fingerprint density at radius 1 is 1.00 bits per heavy atom. The van der Waals surface area contributed by atoms with Gasteiger partial charge >= 0.3 is 6.03 Å². The third kappa shape index (κ3) is 1.39. The van der Waals surface area contributed by atoms with Crippen LogP contribution in [0.1, 0.15) is 12.5 Å². The molecule has 3 amide bonds. The van der Waals surface area contributed by atoms with E-state index in [1.54, 1.807) is 6.92 Å². The summed E-state index contributed by atoms with van der Waals surface area (Å²) in [6.07, 6.45) is 0. The molecule has 0 bridgehead atoms. The van der Waals surface area contributed by atoms with E-state index in [1.165, 1.54) is 0 Å². The van der Waals surface area contributed by atoms with E-state index in [0.29, 0.717) is 0 Å². The molecule has 2 aromatic carbocycles. The molecule has 1 fully saturated rings. The molecule has 0 aromatic heterocycles. The summed E-state index contributed by atoms with van der Waals surface area (Å²) in [6, 6.07) is 13.1. The molecular weight excluding hydrogens is 228 g/mol. The Kier molecular flexibility index (Phi) is 2.13. The second-order valence-electron chi connectivity index (χ2n) is 4.56. The average Bonchev–Trinajstić information content (AvgIpc) is 2.63. The number of rotatable bonds is 1. The van der Waals surface area contributed by atoms with Crippen LogP contribution in [0.5, 0.6) is 0 Å². The van der Waals surface area contributed by atoms with Gasteiger partial charge in [0.2, 0.25) is 0 Å². The Balaban J connectivity index is 2.26. The van der Waals surface area contributed by atoms with Gasteiger partial charge in [-0.05, 0) is 23.3 Å². The summed E-state index contributed by atoms with van der Waals surface area (Å²) in [5.41, 5.74) is -0.193. The lowest BCUT2D eigenvalue weighted by molar-refractivity contribution is -0.123. The van der Waals surface area contributed by atoms with Crippen LogP contribution in [0.4, 0.5) is 4.79 Å². The highest BCUT2D eigenvalue weighted by atomic mass is 16.2. The van der Waals surface area contributed by atoms with Crippen LogP contribution in [-0.2, 0) is 10.3 Å². The highest BCUT2D eigenvalue weighted by Gasteiger charge is 2.44. The smallest absolute Gasteiger partial charge is 0.320 e. The maximum absolute atomic E-state index is 12.0. The molecule has 2 N–H and O–H groups in total. The van der Waals surface area contributed by atoms with Gasteiger partial charge in [0.05, 0.1) is 0 Å². The predicted octanol–water partition coefficient (Wildman–Crippen LogP) is 1.89. The monoisotopic (exact) mass is 240 g/mol. The highest BCUT2D eigenvalue weighted by molar-refractivity contribution is 6.09. The van der Waals surface area contributed by atoms with Crippen molar-refractivity contribution in [1.29, 1.82) is 0 Å². The van der Waals surface area contributed by atoms with Crippen molar-refractivity contribution in [2.45, 2.75) is 12.5 Å². The Labute approximate surface area is 104 Å². The summed E-state index contributed by atoms with van der Waals surface area (Å²) in [6.45, 7) is 1.72. The van der Waals surface area contributed by atoms with E-state index in [-0.39, 0.29) is 5.91 Å². The number of nitrogens with one attached hydrogen (secondary N) is 2. The maximum atomic E-state index is 12.0. The quantitative estimate of drug-likeness (QED) is 0.748. The summed E-state index contributed by atoms with van der Waals surface area (Å²) in [5, 5.41) is 6.99. The minimum Gasteiger partial charge on any atom is -0.320 e.